The van der Waals surface area contributed by atoms with Gasteiger partial charge in [0.05, 0.1) is 10.6 Å². The summed E-state index contributed by atoms with van der Waals surface area (Å²) in [6.07, 6.45) is 0. The van der Waals surface area contributed by atoms with Gasteiger partial charge in [0, 0.05) is 20.3 Å². The maximum Gasteiger partial charge on any atom is 0.240 e. The van der Waals surface area contributed by atoms with Gasteiger partial charge in [-0.3, -0.25) is 0 Å². The number of sulfonamides is 1. The zero-order chi connectivity index (χ0) is 13.8. The molecule has 1 aromatic rings. The number of nitrogens with one attached hydrogen (secondary N) is 1. The second-order valence-corrected chi connectivity index (χ2v) is 5.86. The van der Waals surface area contributed by atoms with Crippen molar-refractivity contribution in [1.29, 1.82) is 0 Å². The Morgan fingerprint density at radius 3 is 2.72 bits per heavy atom. The normalized spacial score (nSPS) is 13.5. The summed E-state index contributed by atoms with van der Waals surface area (Å²) in [5.74, 6) is -0.593. The number of anilines is 1. The number of methoxy groups -OCH3 is 1. The van der Waals surface area contributed by atoms with Crippen molar-refractivity contribution in [2.75, 3.05) is 26.0 Å². The van der Waals surface area contributed by atoms with E-state index in [1.165, 1.54) is 6.07 Å². The van der Waals surface area contributed by atoms with Crippen LogP contribution in [0.4, 0.5) is 10.1 Å². The molecule has 5 nitrogen and oxygen atoms in total. The summed E-state index contributed by atoms with van der Waals surface area (Å²) < 4.78 is 44.0. The minimum Gasteiger partial charge on any atom is -0.396 e. The van der Waals surface area contributed by atoms with Gasteiger partial charge >= 0.3 is 0 Å². The van der Waals surface area contributed by atoms with Crippen LogP contribution in [0.2, 0.25) is 0 Å². The molecule has 0 fully saturated rings. The van der Waals surface area contributed by atoms with E-state index in [-0.39, 0.29) is 23.0 Å². The molecule has 0 aromatic heterocycles. The lowest BCUT2D eigenvalue weighted by molar-refractivity contribution is 0.161. The highest BCUT2D eigenvalue weighted by Gasteiger charge is 2.16. The first-order valence-electron chi connectivity index (χ1n) is 5.40. The molecular formula is C11H17FN2O3S. The lowest BCUT2D eigenvalue weighted by Gasteiger charge is -2.12. The third kappa shape index (κ3) is 3.94. The summed E-state index contributed by atoms with van der Waals surface area (Å²) in [4.78, 5) is -0.0500. The van der Waals surface area contributed by atoms with E-state index < -0.39 is 15.8 Å². The molecule has 1 atom stereocenters. The van der Waals surface area contributed by atoms with Gasteiger partial charge in [-0.1, -0.05) is 6.92 Å². The number of halogens is 1. The standard InChI is InChI=1S/C11H17FN2O3S/c1-8(7-17-2)6-14-18(15,16)9-3-4-10(12)11(13)5-9/h3-5,8,14H,6-7,13H2,1-2H3. The number of ether oxygens (including phenoxy) is 1. The summed E-state index contributed by atoms with van der Waals surface area (Å²) in [5.41, 5.74) is 5.14. The predicted octanol–water partition coefficient (Wildman–Crippen LogP) is 0.969. The fourth-order valence-electron chi connectivity index (χ4n) is 1.37. The van der Waals surface area contributed by atoms with Crippen molar-refractivity contribution in [3.05, 3.63) is 24.0 Å². The van der Waals surface area contributed by atoms with Crippen LogP contribution in [-0.2, 0) is 14.8 Å². The summed E-state index contributed by atoms with van der Waals surface area (Å²) in [6.45, 7) is 2.55. The molecule has 18 heavy (non-hydrogen) atoms. The van der Waals surface area contributed by atoms with Gasteiger partial charge in [0.1, 0.15) is 5.82 Å². The average Bonchev–Trinajstić information content (AvgIpc) is 2.30. The first-order chi connectivity index (χ1) is 8.36. The Hall–Kier alpha value is -1.18. The Balaban J connectivity index is 2.77. The maximum absolute atomic E-state index is 12.9. The molecule has 3 N–H and O–H groups in total. The van der Waals surface area contributed by atoms with Crippen LogP contribution in [0, 0.1) is 11.7 Å². The van der Waals surface area contributed by atoms with E-state index in [0.717, 1.165) is 12.1 Å². The van der Waals surface area contributed by atoms with E-state index in [0.29, 0.717) is 6.61 Å². The molecule has 0 aliphatic carbocycles. The van der Waals surface area contributed by atoms with Crippen molar-refractivity contribution in [2.45, 2.75) is 11.8 Å². The number of rotatable bonds is 6. The molecule has 0 saturated heterocycles. The predicted molar refractivity (Wildman–Crippen MR) is 67.0 cm³/mol. The Labute approximate surface area is 106 Å². The number of hydrogen-bond acceptors (Lipinski definition) is 4. The zero-order valence-corrected chi connectivity index (χ0v) is 11.1. The largest absolute Gasteiger partial charge is 0.396 e. The van der Waals surface area contributed by atoms with Gasteiger partial charge < -0.3 is 10.5 Å². The maximum atomic E-state index is 12.9. The molecule has 0 radical (unpaired) electrons. The minimum atomic E-state index is -3.67. The van der Waals surface area contributed by atoms with Gasteiger partial charge in [-0.15, -0.1) is 0 Å². The van der Waals surface area contributed by atoms with Gasteiger partial charge in [-0.05, 0) is 24.1 Å². The number of hydrogen-bond donors (Lipinski definition) is 2. The Morgan fingerprint density at radius 2 is 2.17 bits per heavy atom. The zero-order valence-electron chi connectivity index (χ0n) is 10.3. The van der Waals surface area contributed by atoms with Gasteiger partial charge in [-0.2, -0.15) is 0 Å². The summed E-state index contributed by atoms with van der Waals surface area (Å²) in [5, 5.41) is 0. The van der Waals surface area contributed by atoms with Crippen LogP contribution in [0.1, 0.15) is 6.92 Å². The average molecular weight is 276 g/mol. The number of nitrogens with two attached hydrogens (primary N) is 1. The van der Waals surface area contributed by atoms with Gasteiger partial charge in [0.25, 0.3) is 0 Å². The van der Waals surface area contributed by atoms with Crippen LogP contribution >= 0.6 is 0 Å². The fraction of sp³-hybridized carbons (Fsp3) is 0.455. The molecular weight excluding hydrogens is 259 g/mol. The minimum absolute atomic E-state index is 0.0440. The van der Waals surface area contributed by atoms with E-state index in [2.05, 4.69) is 4.72 Å². The fourth-order valence-corrected chi connectivity index (χ4v) is 2.57. The number of benzene rings is 1. The van der Waals surface area contributed by atoms with Crippen LogP contribution in [0.25, 0.3) is 0 Å². The van der Waals surface area contributed by atoms with Crippen LogP contribution in [-0.4, -0.2) is 28.7 Å². The van der Waals surface area contributed by atoms with Crippen molar-refractivity contribution in [2.24, 2.45) is 5.92 Å². The highest BCUT2D eigenvalue weighted by atomic mass is 32.2. The third-order valence-corrected chi connectivity index (χ3v) is 3.77. The first kappa shape index (κ1) is 14.9. The molecule has 0 aliphatic rings. The molecule has 0 heterocycles. The molecule has 0 amide bonds. The van der Waals surface area contributed by atoms with Crippen molar-refractivity contribution < 1.29 is 17.5 Å². The van der Waals surface area contributed by atoms with Gasteiger partial charge in [-0.25, -0.2) is 17.5 Å². The quantitative estimate of drug-likeness (QED) is 0.759. The van der Waals surface area contributed by atoms with E-state index in [4.69, 9.17) is 10.5 Å². The third-order valence-electron chi connectivity index (χ3n) is 2.35. The Kier molecular flexibility index (Phi) is 5.06. The lowest BCUT2D eigenvalue weighted by atomic mass is 10.2. The highest BCUT2D eigenvalue weighted by molar-refractivity contribution is 7.89. The number of nitrogen functional groups attached to an aromatic ring is 1. The molecule has 0 spiro atoms. The molecule has 1 rings (SSSR count). The summed E-state index contributed by atoms with van der Waals surface area (Å²) in [6, 6.07) is 3.30. The van der Waals surface area contributed by atoms with E-state index in [9.17, 15) is 12.8 Å². The van der Waals surface area contributed by atoms with Crippen LogP contribution < -0.4 is 10.5 Å². The Bertz CT molecular complexity index is 505. The van der Waals surface area contributed by atoms with E-state index in [1.54, 1.807) is 7.11 Å². The lowest BCUT2D eigenvalue weighted by Crippen LogP contribution is -2.30. The second-order valence-electron chi connectivity index (χ2n) is 4.10. The molecule has 0 bridgehead atoms. The summed E-state index contributed by atoms with van der Waals surface area (Å²) in [7, 11) is -2.12. The van der Waals surface area contributed by atoms with Crippen molar-refractivity contribution in [1.82, 2.24) is 4.72 Å². The van der Waals surface area contributed by atoms with E-state index >= 15 is 0 Å². The monoisotopic (exact) mass is 276 g/mol. The SMILES string of the molecule is COCC(C)CNS(=O)(=O)c1ccc(F)c(N)c1. The highest BCUT2D eigenvalue weighted by Crippen LogP contribution is 2.16. The van der Waals surface area contributed by atoms with Crippen LogP contribution in [0.5, 0.6) is 0 Å². The van der Waals surface area contributed by atoms with Crippen LogP contribution in [0.15, 0.2) is 23.1 Å². The first-order valence-corrected chi connectivity index (χ1v) is 6.88. The molecule has 102 valence electrons. The Morgan fingerprint density at radius 1 is 1.50 bits per heavy atom. The molecule has 1 aromatic carbocycles. The smallest absolute Gasteiger partial charge is 0.240 e. The van der Waals surface area contributed by atoms with Crippen molar-refractivity contribution in [3.8, 4) is 0 Å². The van der Waals surface area contributed by atoms with Gasteiger partial charge in [0.15, 0.2) is 0 Å². The molecule has 1 unspecified atom stereocenters. The van der Waals surface area contributed by atoms with Crippen LogP contribution in [0.3, 0.4) is 0 Å². The summed E-state index contributed by atoms with van der Waals surface area (Å²) >= 11 is 0. The molecule has 0 saturated carbocycles. The van der Waals surface area contributed by atoms with Gasteiger partial charge in [0.2, 0.25) is 10.0 Å². The van der Waals surface area contributed by atoms with Crippen molar-refractivity contribution >= 4 is 15.7 Å². The topological polar surface area (TPSA) is 81.4 Å². The van der Waals surface area contributed by atoms with Crippen molar-refractivity contribution in [3.63, 3.8) is 0 Å². The second kappa shape index (κ2) is 6.12. The van der Waals surface area contributed by atoms with E-state index in [1.807, 2.05) is 6.92 Å². The molecule has 0 aliphatic heterocycles. The molecule has 7 heteroatoms.